The van der Waals surface area contributed by atoms with Gasteiger partial charge in [0.1, 0.15) is 5.75 Å². The summed E-state index contributed by atoms with van der Waals surface area (Å²) in [6, 6.07) is 4.94. The molecule has 1 heterocycles. The molecule has 1 aliphatic rings. The molecule has 0 atom stereocenters. The molecular weight excluding hydrogens is 276 g/mol. The predicted molar refractivity (Wildman–Crippen MR) is 80.3 cm³/mol. The van der Waals surface area contributed by atoms with Gasteiger partial charge in [0, 0.05) is 18.2 Å². The number of hydrogen-bond donors (Lipinski definition) is 2. The van der Waals surface area contributed by atoms with E-state index in [-0.39, 0.29) is 22.7 Å². The Hall–Kier alpha value is -1.26. The van der Waals surface area contributed by atoms with E-state index in [0.29, 0.717) is 5.56 Å². The Bertz CT molecular complexity index is 473. The smallest absolute Gasteiger partial charge is 0.254 e. The number of aromatic hydroxyl groups is 1. The number of nitrogens with one attached hydrogen (secondary N) is 1. The molecule has 4 nitrogen and oxygen atoms in total. The van der Waals surface area contributed by atoms with Crippen LogP contribution in [0.2, 0.25) is 5.02 Å². The molecule has 0 unspecified atom stereocenters. The van der Waals surface area contributed by atoms with Gasteiger partial charge in [0.05, 0.1) is 5.02 Å². The topological polar surface area (TPSA) is 52.6 Å². The molecule has 20 heavy (non-hydrogen) atoms. The van der Waals surface area contributed by atoms with Crippen molar-refractivity contribution in [2.24, 2.45) is 0 Å². The minimum Gasteiger partial charge on any atom is -0.506 e. The number of phenols is 1. The van der Waals surface area contributed by atoms with Crippen LogP contribution in [0.4, 0.5) is 0 Å². The van der Waals surface area contributed by atoms with E-state index in [2.05, 4.69) is 12.2 Å². The number of hydrogen-bond acceptors (Lipinski definition) is 3. The molecule has 0 radical (unpaired) electrons. The molecular formula is C15H21ClN2O2. The normalized spacial score (nSPS) is 16.1. The zero-order valence-corrected chi connectivity index (χ0v) is 12.5. The zero-order valence-electron chi connectivity index (χ0n) is 11.7. The lowest BCUT2D eigenvalue weighted by Gasteiger charge is -2.34. The maximum absolute atomic E-state index is 12.7. The summed E-state index contributed by atoms with van der Waals surface area (Å²) in [5.41, 5.74) is 0.541. The van der Waals surface area contributed by atoms with Crippen LogP contribution in [0.15, 0.2) is 18.2 Å². The van der Waals surface area contributed by atoms with E-state index >= 15 is 0 Å². The number of carbonyl (C=O) groups is 1. The number of rotatable bonds is 4. The summed E-state index contributed by atoms with van der Waals surface area (Å²) in [5, 5.41) is 13.0. The maximum Gasteiger partial charge on any atom is 0.254 e. The van der Waals surface area contributed by atoms with Gasteiger partial charge in [-0.15, -0.1) is 0 Å². The molecule has 110 valence electrons. The van der Waals surface area contributed by atoms with Gasteiger partial charge in [-0.25, -0.2) is 0 Å². The van der Waals surface area contributed by atoms with Gasteiger partial charge in [-0.3, -0.25) is 4.79 Å². The number of piperidine rings is 1. The molecule has 5 heteroatoms. The van der Waals surface area contributed by atoms with Crippen LogP contribution in [-0.2, 0) is 0 Å². The summed E-state index contributed by atoms with van der Waals surface area (Å²) in [7, 11) is 0. The van der Waals surface area contributed by atoms with Gasteiger partial charge in [0.2, 0.25) is 0 Å². The minimum absolute atomic E-state index is 0.000602. The van der Waals surface area contributed by atoms with Crippen molar-refractivity contribution in [2.75, 3.05) is 19.6 Å². The number of benzene rings is 1. The first kappa shape index (κ1) is 15.1. The van der Waals surface area contributed by atoms with Gasteiger partial charge in [0.15, 0.2) is 0 Å². The Morgan fingerprint density at radius 1 is 1.45 bits per heavy atom. The monoisotopic (exact) mass is 296 g/mol. The van der Waals surface area contributed by atoms with E-state index in [0.717, 1.165) is 38.9 Å². The lowest BCUT2D eigenvalue weighted by Crippen LogP contribution is -2.46. The summed E-state index contributed by atoms with van der Waals surface area (Å²) in [5.74, 6) is 0.00720. The van der Waals surface area contributed by atoms with Crippen molar-refractivity contribution in [3.8, 4) is 5.75 Å². The van der Waals surface area contributed by atoms with Crippen molar-refractivity contribution in [3.63, 3.8) is 0 Å². The third-order valence-corrected chi connectivity index (χ3v) is 3.97. The minimum atomic E-state index is 0.000602. The molecule has 1 amide bonds. The highest BCUT2D eigenvalue weighted by Gasteiger charge is 2.25. The van der Waals surface area contributed by atoms with Crippen LogP contribution in [0.3, 0.4) is 0 Å². The van der Waals surface area contributed by atoms with Crippen molar-refractivity contribution < 1.29 is 9.90 Å². The average molecular weight is 297 g/mol. The molecule has 1 fully saturated rings. The molecule has 2 N–H and O–H groups in total. The Morgan fingerprint density at radius 2 is 2.15 bits per heavy atom. The number of nitrogens with zero attached hydrogens (tertiary/aromatic N) is 1. The molecule has 0 aromatic heterocycles. The number of amides is 1. The van der Waals surface area contributed by atoms with Crippen LogP contribution in [0.1, 0.15) is 36.5 Å². The van der Waals surface area contributed by atoms with Crippen LogP contribution in [-0.4, -0.2) is 41.6 Å². The average Bonchev–Trinajstić information content (AvgIpc) is 2.48. The van der Waals surface area contributed by atoms with Gasteiger partial charge in [-0.1, -0.05) is 18.5 Å². The second-order valence-corrected chi connectivity index (χ2v) is 5.55. The van der Waals surface area contributed by atoms with Gasteiger partial charge in [-0.2, -0.15) is 0 Å². The second kappa shape index (κ2) is 6.95. The summed E-state index contributed by atoms with van der Waals surface area (Å²) in [4.78, 5) is 14.6. The standard InChI is InChI=1S/C15H21ClN2O2/c1-2-9-18(12-5-7-17-8-6-12)15(20)11-3-4-14(19)13(16)10-11/h3-4,10,12,17,19H,2,5-9H2,1H3. The van der Waals surface area contributed by atoms with Gasteiger partial charge >= 0.3 is 0 Å². The number of carbonyl (C=O) groups excluding carboxylic acids is 1. The SMILES string of the molecule is CCCN(C(=O)c1ccc(O)c(Cl)c1)C1CCNCC1. The van der Waals surface area contributed by atoms with Crippen LogP contribution in [0, 0.1) is 0 Å². The van der Waals surface area contributed by atoms with E-state index in [9.17, 15) is 9.90 Å². The van der Waals surface area contributed by atoms with Crippen molar-refractivity contribution >= 4 is 17.5 Å². The van der Waals surface area contributed by atoms with E-state index in [1.165, 1.54) is 6.07 Å². The highest BCUT2D eigenvalue weighted by molar-refractivity contribution is 6.32. The lowest BCUT2D eigenvalue weighted by molar-refractivity contribution is 0.0642. The molecule has 0 saturated carbocycles. The molecule has 1 aromatic carbocycles. The Balaban J connectivity index is 2.18. The molecule has 1 saturated heterocycles. The highest BCUT2D eigenvalue weighted by Crippen LogP contribution is 2.25. The fourth-order valence-electron chi connectivity index (χ4n) is 2.61. The summed E-state index contributed by atoms with van der Waals surface area (Å²) in [6.45, 7) is 4.73. The first-order valence-corrected chi connectivity index (χ1v) is 7.51. The van der Waals surface area contributed by atoms with Crippen LogP contribution < -0.4 is 5.32 Å². The summed E-state index contributed by atoms with van der Waals surface area (Å²) >= 11 is 5.89. The van der Waals surface area contributed by atoms with E-state index in [1.807, 2.05) is 4.90 Å². The van der Waals surface area contributed by atoms with Gasteiger partial charge in [-0.05, 0) is 50.6 Å². The first-order valence-electron chi connectivity index (χ1n) is 7.13. The fraction of sp³-hybridized carbons (Fsp3) is 0.533. The van der Waals surface area contributed by atoms with Crippen molar-refractivity contribution in [1.82, 2.24) is 10.2 Å². The van der Waals surface area contributed by atoms with Crippen LogP contribution in [0.5, 0.6) is 5.75 Å². The largest absolute Gasteiger partial charge is 0.506 e. The molecule has 0 aliphatic carbocycles. The van der Waals surface area contributed by atoms with Gasteiger partial charge in [0.25, 0.3) is 5.91 Å². The van der Waals surface area contributed by atoms with E-state index in [4.69, 9.17) is 11.6 Å². The second-order valence-electron chi connectivity index (χ2n) is 5.15. The van der Waals surface area contributed by atoms with Crippen LogP contribution in [0.25, 0.3) is 0 Å². The van der Waals surface area contributed by atoms with E-state index in [1.54, 1.807) is 12.1 Å². The van der Waals surface area contributed by atoms with Crippen molar-refractivity contribution in [3.05, 3.63) is 28.8 Å². The molecule has 0 spiro atoms. The third kappa shape index (κ3) is 3.44. The number of phenolic OH excluding ortho intramolecular Hbond substituents is 1. The number of halogens is 1. The lowest BCUT2D eigenvalue weighted by atomic mass is 10.0. The molecule has 1 aliphatic heterocycles. The quantitative estimate of drug-likeness (QED) is 0.898. The third-order valence-electron chi connectivity index (χ3n) is 3.67. The maximum atomic E-state index is 12.7. The van der Waals surface area contributed by atoms with E-state index < -0.39 is 0 Å². The molecule has 1 aromatic rings. The van der Waals surface area contributed by atoms with Gasteiger partial charge < -0.3 is 15.3 Å². The molecule has 0 bridgehead atoms. The Kier molecular flexibility index (Phi) is 5.26. The van der Waals surface area contributed by atoms with Crippen LogP contribution >= 0.6 is 11.6 Å². The zero-order chi connectivity index (χ0) is 14.5. The Morgan fingerprint density at radius 3 is 2.75 bits per heavy atom. The van der Waals surface area contributed by atoms with Crippen molar-refractivity contribution in [2.45, 2.75) is 32.2 Å². The summed E-state index contributed by atoms with van der Waals surface area (Å²) < 4.78 is 0. The predicted octanol–water partition coefficient (Wildman–Crippen LogP) is 2.65. The highest BCUT2D eigenvalue weighted by atomic mass is 35.5. The summed E-state index contributed by atoms with van der Waals surface area (Å²) in [6.07, 6.45) is 2.90. The first-order chi connectivity index (χ1) is 9.63. The fourth-order valence-corrected chi connectivity index (χ4v) is 2.80. The molecule has 2 rings (SSSR count). The van der Waals surface area contributed by atoms with Crippen molar-refractivity contribution in [1.29, 1.82) is 0 Å². The Labute approximate surface area is 124 Å².